The Hall–Kier alpha value is -0.920. The van der Waals surface area contributed by atoms with Gasteiger partial charge >= 0.3 is 0 Å². The zero-order valence-corrected chi connectivity index (χ0v) is 12.3. The molecule has 0 aromatic carbocycles. The van der Waals surface area contributed by atoms with E-state index in [9.17, 15) is 8.42 Å². The van der Waals surface area contributed by atoms with E-state index in [1.165, 1.54) is 6.20 Å². The van der Waals surface area contributed by atoms with Gasteiger partial charge in [0.2, 0.25) is 0 Å². The van der Waals surface area contributed by atoms with Crippen molar-refractivity contribution in [2.75, 3.05) is 6.54 Å². The van der Waals surface area contributed by atoms with Gasteiger partial charge in [-0.15, -0.1) is 0 Å². The second kappa shape index (κ2) is 5.60. The van der Waals surface area contributed by atoms with E-state index in [-0.39, 0.29) is 17.1 Å². The van der Waals surface area contributed by atoms with E-state index in [2.05, 4.69) is 9.97 Å². The molecule has 2 unspecified atom stereocenters. The lowest BCUT2D eigenvalue weighted by molar-refractivity contribution is 0.195. The number of aromatic amines is 1. The molecule has 2 heterocycles. The number of aryl methyl sites for hydroxylation is 1. The van der Waals surface area contributed by atoms with Crippen molar-refractivity contribution >= 4 is 10.0 Å². The zero-order valence-electron chi connectivity index (χ0n) is 11.5. The summed E-state index contributed by atoms with van der Waals surface area (Å²) in [4.78, 5) is 6.96. The summed E-state index contributed by atoms with van der Waals surface area (Å²) in [6, 6.07) is -0.122. The largest absolute Gasteiger partial charge is 0.332 e. The molecule has 1 saturated heterocycles. The van der Waals surface area contributed by atoms with Gasteiger partial charge in [0, 0.05) is 25.0 Å². The number of piperidine rings is 1. The van der Waals surface area contributed by atoms with Crippen LogP contribution in [0.25, 0.3) is 0 Å². The number of hydrogen-bond acceptors (Lipinski definition) is 4. The summed E-state index contributed by atoms with van der Waals surface area (Å²) in [5.74, 6) is 0.688. The minimum absolute atomic E-state index is 0.0133. The van der Waals surface area contributed by atoms with Crippen molar-refractivity contribution in [1.82, 2.24) is 14.3 Å². The lowest BCUT2D eigenvalue weighted by Crippen LogP contribution is -2.51. The van der Waals surface area contributed by atoms with Crippen LogP contribution in [-0.2, 0) is 16.4 Å². The molecule has 1 aromatic rings. The molecule has 1 fully saturated rings. The summed E-state index contributed by atoms with van der Waals surface area (Å²) in [6.45, 7) is 4.23. The van der Waals surface area contributed by atoms with Gasteiger partial charge in [0.05, 0.1) is 6.20 Å². The molecular formula is C12H22N4O2S. The van der Waals surface area contributed by atoms with E-state index < -0.39 is 10.0 Å². The van der Waals surface area contributed by atoms with Gasteiger partial charge in [-0.05, 0) is 19.8 Å². The fourth-order valence-corrected chi connectivity index (χ4v) is 4.51. The smallest absolute Gasteiger partial charge is 0.260 e. The first-order chi connectivity index (χ1) is 9.00. The first-order valence-corrected chi connectivity index (χ1v) is 8.22. The third-order valence-corrected chi connectivity index (χ3v) is 5.70. The average Bonchev–Trinajstić information content (AvgIpc) is 2.87. The Morgan fingerprint density at radius 3 is 2.84 bits per heavy atom. The third kappa shape index (κ3) is 2.68. The fraction of sp³-hybridized carbons (Fsp3) is 0.750. The van der Waals surface area contributed by atoms with E-state index >= 15 is 0 Å². The van der Waals surface area contributed by atoms with Crippen LogP contribution in [0.3, 0.4) is 0 Å². The number of aromatic nitrogens is 2. The molecule has 0 amide bonds. The second-order valence-electron chi connectivity index (χ2n) is 5.05. The van der Waals surface area contributed by atoms with Crippen LogP contribution in [0.4, 0.5) is 0 Å². The van der Waals surface area contributed by atoms with Crippen molar-refractivity contribution in [3.8, 4) is 0 Å². The van der Waals surface area contributed by atoms with Gasteiger partial charge in [-0.1, -0.05) is 13.3 Å². The van der Waals surface area contributed by atoms with Crippen LogP contribution in [0.5, 0.6) is 0 Å². The molecule has 0 bridgehead atoms. The maximum atomic E-state index is 12.7. The topological polar surface area (TPSA) is 92.1 Å². The molecule has 19 heavy (non-hydrogen) atoms. The number of sulfonamides is 1. The second-order valence-corrected chi connectivity index (χ2v) is 6.86. The van der Waals surface area contributed by atoms with Crippen molar-refractivity contribution in [2.24, 2.45) is 5.73 Å². The van der Waals surface area contributed by atoms with Gasteiger partial charge in [0.15, 0.2) is 5.03 Å². The lowest BCUT2D eigenvalue weighted by Gasteiger charge is -2.38. The van der Waals surface area contributed by atoms with Crippen LogP contribution in [0, 0.1) is 0 Å². The van der Waals surface area contributed by atoms with E-state index in [1.807, 2.05) is 13.8 Å². The van der Waals surface area contributed by atoms with Crippen LogP contribution in [0.15, 0.2) is 11.2 Å². The molecule has 1 aromatic heterocycles. The Morgan fingerprint density at radius 1 is 1.53 bits per heavy atom. The van der Waals surface area contributed by atoms with Gasteiger partial charge in [0.1, 0.15) is 5.82 Å². The van der Waals surface area contributed by atoms with Gasteiger partial charge in [-0.2, -0.15) is 4.31 Å². The maximum absolute atomic E-state index is 12.7. The highest BCUT2D eigenvalue weighted by Gasteiger charge is 2.38. The van der Waals surface area contributed by atoms with Gasteiger partial charge in [-0.25, -0.2) is 13.4 Å². The number of rotatable bonds is 4. The molecule has 3 N–H and O–H groups in total. The Labute approximate surface area is 114 Å². The van der Waals surface area contributed by atoms with Crippen molar-refractivity contribution in [2.45, 2.75) is 56.6 Å². The minimum atomic E-state index is -3.53. The van der Waals surface area contributed by atoms with Crippen LogP contribution in [-0.4, -0.2) is 41.3 Å². The van der Waals surface area contributed by atoms with Crippen molar-refractivity contribution < 1.29 is 8.42 Å². The molecule has 6 nitrogen and oxygen atoms in total. The predicted molar refractivity (Wildman–Crippen MR) is 73.1 cm³/mol. The number of nitrogens with two attached hydrogens (primary N) is 1. The van der Waals surface area contributed by atoms with E-state index in [0.29, 0.717) is 18.8 Å². The van der Waals surface area contributed by atoms with Gasteiger partial charge in [0.25, 0.3) is 10.0 Å². The first kappa shape index (κ1) is 14.5. The summed E-state index contributed by atoms with van der Waals surface area (Å²) in [5, 5.41) is 0.177. The van der Waals surface area contributed by atoms with Crippen LogP contribution in [0.1, 0.15) is 38.9 Å². The lowest BCUT2D eigenvalue weighted by atomic mass is 10.00. The SMILES string of the molecule is CCc1ncc(S(=O)(=O)N2C(C)CCCC2CN)[nH]1. The van der Waals surface area contributed by atoms with Crippen molar-refractivity contribution in [3.05, 3.63) is 12.0 Å². The Balaban J connectivity index is 2.35. The summed E-state index contributed by atoms with van der Waals surface area (Å²) in [7, 11) is -3.53. The van der Waals surface area contributed by atoms with E-state index in [4.69, 9.17) is 5.73 Å². The van der Waals surface area contributed by atoms with E-state index in [1.54, 1.807) is 4.31 Å². The molecule has 0 aliphatic carbocycles. The van der Waals surface area contributed by atoms with Gasteiger partial charge in [-0.3, -0.25) is 0 Å². The normalized spacial score (nSPS) is 25.6. The van der Waals surface area contributed by atoms with Gasteiger partial charge < -0.3 is 10.7 Å². The van der Waals surface area contributed by atoms with Crippen LogP contribution >= 0.6 is 0 Å². The third-order valence-electron chi connectivity index (χ3n) is 3.72. The quantitative estimate of drug-likeness (QED) is 0.858. The average molecular weight is 286 g/mol. The zero-order chi connectivity index (χ0) is 14.0. The standard InChI is InChI=1S/C12H22N4O2S/c1-3-11-14-8-12(15-11)19(17,18)16-9(2)5-4-6-10(16)7-13/h8-10H,3-7,13H2,1-2H3,(H,14,15). The first-order valence-electron chi connectivity index (χ1n) is 6.78. The van der Waals surface area contributed by atoms with Crippen LogP contribution in [0.2, 0.25) is 0 Å². The summed E-state index contributed by atoms with van der Waals surface area (Å²) >= 11 is 0. The maximum Gasteiger partial charge on any atom is 0.260 e. The number of nitrogens with one attached hydrogen (secondary N) is 1. The summed E-state index contributed by atoms with van der Waals surface area (Å²) in [6.07, 6.45) is 4.83. The Bertz CT molecular complexity index is 526. The molecule has 2 rings (SSSR count). The fourth-order valence-electron chi connectivity index (χ4n) is 2.69. The monoisotopic (exact) mass is 286 g/mol. The van der Waals surface area contributed by atoms with Crippen molar-refractivity contribution in [3.63, 3.8) is 0 Å². The molecule has 7 heteroatoms. The predicted octanol–water partition coefficient (Wildman–Crippen LogP) is 0.863. The van der Waals surface area contributed by atoms with Crippen molar-refractivity contribution in [1.29, 1.82) is 0 Å². The summed E-state index contributed by atoms with van der Waals surface area (Å²) < 4.78 is 26.9. The molecule has 108 valence electrons. The number of H-pyrrole nitrogens is 1. The molecular weight excluding hydrogens is 264 g/mol. The Morgan fingerprint density at radius 2 is 2.26 bits per heavy atom. The molecule has 0 saturated carbocycles. The molecule has 0 spiro atoms. The summed E-state index contributed by atoms with van der Waals surface area (Å²) in [5.41, 5.74) is 5.73. The highest BCUT2D eigenvalue weighted by Crippen LogP contribution is 2.28. The molecule has 2 atom stereocenters. The molecule has 0 radical (unpaired) electrons. The molecule has 1 aliphatic heterocycles. The van der Waals surface area contributed by atoms with Crippen LogP contribution < -0.4 is 5.73 Å². The molecule has 1 aliphatic rings. The van der Waals surface area contributed by atoms with E-state index in [0.717, 1.165) is 19.3 Å². The number of imidazole rings is 1. The number of nitrogens with zero attached hydrogens (tertiary/aromatic N) is 2. The Kier molecular flexibility index (Phi) is 4.27. The number of hydrogen-bond donors (Lipinski definition) is 2. The highest BCUT2D eigenvalue weighted by atomic mass is 32.2. The highest BCUT2D eigenvalue weighted by molar-refractivity contribution is 7.89. The minimum Gasteiger partial charge on any atom is -0.332 e.